The first kappa shape index (κ1) is 12.0. The van der Waals surface area contributed by atoms with Gasteiger partial charge in [-0.05, 0) is 25.7 Å². The summed E-state index contributed by atoms with van der Waals surface area (Å²) in [4.78, 5) is 0. The zero-order valence-corrected chi connectivity index (χ0v) is 9.12. The average molecular weight is 200 g/mol. The number of aliphatic hydroxyl groups excluding tert-OH is 2. The molecule has 84 valence electrons. The lowest BCUT2D eigenvalue weighted by atomic mass is 9.98. The summed E-state index contributed by atoms with van der Waals surface area (Å²) in [5, 5.41) is 19.2. The molecule has 14 heavy (non-hydrogen) atoms. The predicted molar refractivity (Wildman–Crippen MR) is 58.2 cm³/mol. The minimum atomic E-state index is -0.177. The van der Waals surface area contributed by atoms with Gasteiger partial charge in [-0.1, -0.05) is 38.5 Å². The molecule has 1 aliphatic carbocycles. The maximum atomic E-state index is 9.60. The van der Waals surface area contributed by atoms with E-state index >= 15 is 0 Å². The van der Waals surface area contributed by atoms with Gasteiger partial charge in [-0.2, -0.15) is 0 Å². The number of rotatable bonds is 0. The van der Waals surface area contributed by atoms with E-state index in [0.29, 0.717) is 0 Å². The van der Waals surface area contributed by atoms with Crippen molar-refractivity contribution in [1.29, 1.82) is 0 Å². The molecule has 0 aromatic rings. The minimum absolute atomic E-state index is 0.177. The summed E-state index contributed by atoms with van der Waals surface area (Å²) in [7, 11) is 0. The topological polar surface area (TPSA) is 40.5 Å². The van der Waals surface area contributed by atoms with Crippen molar-refractivity contribution in [2.24, 2.45) is 0 Å². The maximum Gasteiger partial charge on any atom is 0.0541 e. The van der Waals surface area contributed by atoms with Crippen molar-refractivity contribution < 1.29 is 10.2 Å². The van der Waals surface area contributed by atoms with E-state index < -0.39 is 0 Å². The Hall–Kier alpha value is -0.0800. The molecule has 0 saturated heterocycles. The van der Waals surface area contributed by atoms with Crippen LogP contribution in [0.1, 0.15) is 64.2 Å². The molecule has 0 radical (unpaired) electrons. The average Bonchev–Trinajstić information content (AvgIpc) is 2.17. The maximum absolute atomic E-state index is 9.60. The molecule has 0 aromatic carbocycles. The van der Waals surface area contributed by atoms with Gasteiger partial charge in [-0.25, -0.2) is 0 Å². The molecule has 2 N–H and O–H groups in total. The van der Waals surface area contributed by atoms with Crippen molar-refractivity contribution in [3.8, 4) is 0 Å². The van der Waals surface area contributed by atoms with Gasteiger partial charge in [0.1, 0.15) is 0 Å². The second-order valence-electron chi connectivity index (χ2n) is 4.58. The van der Waals surface area contributed by atoms with Crippen molar-refractivity contribution in [3.05, 3.63) is 0 Å². The fourth-order valence-corrected chi connectivity index (χ4v) is 2.14. The molecule has 1 fully saturated rings. The van der Waals surface area contributed by atoms with Gasteiger partial charge in [0, 0.05) is 0 Å². The Labute approximate surface area is 87.3 Å². The fraction of sp³-hybridized carbons (Fsp3) is 1.00. The van der Waals surface area contributed by atoms with Crippen molar-refractivity contribution in [2.75, 3.05) is 0 Å². The number of hydrogen-bond donors (Lipinski definition) is 2. The molecule has 2 atom stereocenters. The van der Waals surface area contributed by atoms with Crippen LogP contribution in [0.3, 0.4) is 0 Å². The Morgan fingerprint density at radius 3 is 1.29 bits per heavy atom. The van der Waals surface area contributed by atoms with E-state index in [-0.39, 0.29) is 12.2 Å². The quantitative estimate of drug-likeness (QED) is 0.631. The third-order valence-corrected chi connectivity index (χ3v) is 3.16. The molecule has 1 rings (SSSR count). The molecule has 0 aromatic heterocycles. The molecule has 0 heterocycles. The smallest absolute Gasteiger partial charge is 0.0541 e. The zero-order valence-electron chi connectivity index (χ0n) is 9.12. The second-order valence-corrected chi connectivity index (χ2v) is 4.58. The highest BCUT2D eigenvalue weighted by atomic mass is 16.3. The highest BCUT2D eigenvalue weighted by Gasteiger charge is 2.10. The van der Waals surface area contributed by atoms with Crippen LogP contribution in [-0.2, 0) is 0 Å². The lowest BCUT2D eigenvalue weighted by Gasteiger charge is -2.15. The van der Waals surface area contributed by atoms with E-state index in [4.69, 9.17) is 0 Å². The highest BCUT2D eigenvalue weighted by Crippen LogP contribution is 2.16. The second kappa shape index (κ2) is 7.24. The lowest BCUT2D eigenvalue weighted by molar-refractivity contribution is 0.0997. The Kier molecular flexibility index (Phi) is 6.20. The van der Waals surface area contributed by atoms with Gasteiger partial charge >= 0.3 is 0 Å². The molecule has 1 aliphatic rings. The Bertz CT molecular complexity index is 120. The standard InChI is InChI=1S/C12H24O2/c13-11-7-5-3-1-2-4-6-8-12(14)10-9-11/h11-14H,1-10H2. The monoisotopic (exact) mass is 200 g/mol. The zero-order chi connectivity index (χ0) is 10.2. The van der Waals surface area contributed by atoms with Crippen LogP contribution in [0.15, 0.2) is 0 Å². The first-order valence-corrected chi connectivity index (χ1v) is 6.15. The molecule has 2 unspecified atom stereocenters. The SMILES string of the molecule is OC1CCCCCCCCC(O)CC1. The Morgan fingerprint density at radius 1 is 0.500 bits per heavy atom. The molecular weight excluding hydrogens is 176 g/mol. The highest BCUT2D eigenvalue weighted by molar-refractivity contribution is 4.63. The Balaban J connectivity index is 2.22. The van der Waals surface area contributed by atoms with Crippen molar-refractivity contribution in [3.63, 3.8) is 0 Å². The van der Waals surface area contributed by atoms with Crippen LogP contribution in [-0.4, -0.2) is 22.4 Å². The normalized spacial score (nSPS) is 33.0. The van der Waals surface area contributed by atoms with Crippen LogP contribution in [0.25, 0.3) is 0 Å². The molecular formula is C12H24O2. The Morgan fingerprint density at radius 2 is 0.857 bits per heavy atom. The van der Waals surface area contributed by atoms with Crippen LogP contribution in [0.2, 0.25) is 0 Å². The van der Waals surface area contributed by atoms with Crippen LogP contribution in [0, 0.1) is 0 Å². The number of aliphatic hydroxyl groups is 2. The van der Waals surface area contributed by atoms with Gasteiger partial charge in [0.05, 0.1) is 12.2 Å². The fourth-order valence-electron chi connectivity index (χ4n) is 2.14. The summed E-state index contributed by atoms with van der Waals surface area (Å²) in [5.74, 6) is 0. The minimum Gasteiger partial charge on any atom is -0.393 e. The third-order valence-electron chi connectivity index (χ3n) is 3.16. The summed E-state index contributed by atoms with van der Waals surface area (Å²) in [6.07, 6.45) is 10.5. The molecule has 0 amide bonds. The van der Waals surface area contributed by atoms with Crippen molar-refractivity contribution in [2.45, 2.75) is 76.4 Å². The summed E-state index contributed by atoms with van der Waals surface area (Å²) in [6, 6.07) is 0. The van der Waals surface area contributed by atoms with Gasteiger partial charge in [-0.3, -0.25) is 0 Å². The summed E-state index contributed by atoms with van der Waals surface area (Å²) < 4.78 is 0. The van der Waals surface area contributed by atoms with Gasteiger partial charge in [0.15, 0.2) is 0 Å². The van der Waals surface area contributed by atoms with E-state index in [9.17, 15) is 10.2 Å². The largest absolute Gasteiger partial charge is 0.393 e. The van der Waals surface area contributed by atoms with Crippen molar-refractivity contribution >= 4 is 0 Å². The first-order chi connectivity index (χ1) is 6.79. The summed E-state index contributed by atoms with van der Waals surface area (Å²) in [5.41, 5.74) is 0. The summed E-state index contributed by atoms with van der Waals surface area (Å²) in [6.45, 7) is 0. The summed E-state index contributed by atoms with van der Waals surface area (Å²) >= 11 is 0. The molecule has 0 spiro atoms. The van der Waals surface area contributed by atoms with E-state index in [0.717, 1.165) is 38.5 Å². The molecule has 0 aliphatic heterocycles. The van der Waals surface area contributed by atoms with Crippen LogP contribution in [0.4, 0.5) is 0 Å². The molecule has 2 heteroatoms. The van der Waals surface area contributed by atoms with E-state index in [1.54, 1.807) is 0 Å². The lowest BCUT2D eigenvalue weighted by Crippen LogP contribution is -2.13. The number of hydrogen-bond acceptors (Lipinski definition) is 2. The van der Waals surface area contributed by atoms with Gasteiger partial charge in [0.25, 0.3) is 0 Å². The predicted octanol–water partition coefficient (Wildman–Crippen LogP) is 2.62. The van der Waals surface area contributed by atoms with E-state index in [1.807, 2.05) is 0 Å². The molecule has 2 nitrogen and oxygen atoms in total. The van der Waals surface area contributed by atoms with Crippen LogP contribution in [0.5, 0.6) is 0 Å². The van der Waals surface area contributed by atoms with Crippen LogP contribution < -0.4 is 0 Å². The molecule has 0 bridgehead atoms. The molecule has 1 saturated carbocycles. The van der Waals surface area contributed by atoms with Gasteiger partial charge in [-0.15, -0.1) is 0 Å². The first-order valence-electron chi connectivity index (χ1n) is 6.15. The third kappa shape index (κ3) is 5.61. The van der Waals surface area contributed by atoms with Gasteiger partial charge < -0.3 is 10.2 Å². The van der Waals surface area contributed by atoms with Gasteiger partial charge in [0.2, 0.25) is 0 Å². The van der Waals surface area contributed by atoms with Crippen LogP contribution >= 0.6 is 0 Å². The van der Waals surface area contributed by atoms with Crippen molar-refractivity contribution in [1.82, 2.24) is 0 Å². The van der Waals surface area contributed by atoms with E-state index in [1.165, 1.54) is 25.7 Å². The van der Waals surface area contributed by atoms with E-state index in [2.05, 4.69) is 0 Å².